The number of nitrogens with zero attached hydrogens (tertiary/aromatic N) is 1. The highest BCUT2D eigenvalue weighted by Crippen LogP contribution is 2.20. The maximum absolute atomic E-state index is 12.8. The fraction of sp³-hybridized carbons (Fsp3) is 0.500. The summed E-state index contributed by atoms with van der Waals surface area (Å²) in [6.07, 6.45) is 4.90. The van der Waals surface area contributed by atoms with Gasteiger partial charge in [-0.05, 0) is 30.4 Å². The number of hydrogen-bond donors (Lipinski definition) is 3. The molecule has 1 aliphatic heterocycles. The largest absolute Gasteiger partial charge is 0.361 e. The molecular weight excluding hydrogens is 392 g/mol. The average Bonchev–Trinajstić information content (AvgIpc) is 3.08. The van der Waals surface area contributed by atoms with E-state index >= 15 is 0 Å². The summed E-state index contributed by atoms with van der Waals surface area (Å²) in [4.78, 5) is 27.6. The number of piperidine rings is 1. The number of H-pyrrole nitrogens is 1. The highest BCUT2D eigenvalue weighted by atomic mass is 32.2. The van der Waals surface area contributed by atoms with Gasteiger partial charge in [-0.3, -0.25) is 9.59 Å². The van der Waals surface area contributed by atoms with Crippen molar-refractivity contribution in [3.63, 3.8) is 0 Å². The lowest BCUT2D eigenvalue weighted by molar-refractivity contribution is -0.128. The zero-order chi connectivity index (χ0) is 21.0. The number of fused-ring (bicyclic) bond motifs is 1. The third-order valence-electron chi connectivity index (χ3n) is 5.40. The highest BCUT2D eigenvalue weighted by Gasteiger charge is 2.26. The van der Waals surface area contributed by atoms with Crippen LogP contribution in [0.25, 0.3) is 10.9 Å². The molecule has 3 rings (SSSR count). The summed E-state index contributed by atoms with van der Waals surface area (Å²) in [5, 5.41) is 6.72. The number of rotatable bonds is 7. The van der Waals surface area contributed by atoms with Gasteiger partial charge in [0.05, 0.1) is 6.26 Å². The summed E-state index contributed by atoms with van der Waals surface area (Å²) < 4.78 is 24.7. The summed E-state index contributed by atoms with van der Waals surface area (Å²) >= 11 is 0. The van der Waals surface area contributed by atoms with Gasteiger partial charge in [0.2, 0.25) is 21.8 Å². The van der Waals surface area contributed by atoms with E-state index in [0.717, 1.165) is 16.5 Å². The molecule has 3 N–H and O–H groups in total. The molecule has 2 heterocycles. The molecule has 29 heavy (non-hydrogen) atoms. The summed E-state index contributed by atoms with van der Waals surface area (Å²) in [7, 11) is -3.16. The molecule has 0 radical (unpaired) electrons. The summed E-state index contributed by atoms with van der Waals surface area (Å²) in [5.74, 6) is -0.259. The second-order valence-electron chi connectivity index (χ2n) is 7.67. The molecule has 1 saturated heterocycles. The van der Waals surface area contributed by atoms with Gasteiger partial charge in [-0.25, -0.2) is 12.7 Å². The van der Waals surface area contributed by atoms with Crippen LogP contribution in [0.3, 0.4) is 0 Å². The van der Waals surface area contributed by atoms with E-state index in [1.165, 1.54) is 17.5 Å². The van der Waals surface area contributed by atoms with E-state index in [1.807, 2.05) is 30.5 Å². The molecule has 1 unspecified atom stereocenters. The standard InChI is InChI=1S/C20H28N4O4S/c1-14(25)23-19(11-16-13-21-18-6-4-3-5-17(16)18)20(26)22-12-15-7-9-24(10-8-15)29(2,27)28/h3-6,13,15,19,21H,7-12H2,1-2H3,(H,22,26)(H,23,25). The Kier molecular flexibility index (Phi) is 6.59. The quantitative estimate of drug-likeness (QED) is 0.620. The number of nitrogens with one attached hydrogen (secondary N) is 3. The molecule has 1 atom stereocenters. The fourth-order valence-corrected chi connectivity index (χ4v) is 4.66. The minimum absolute atomic E-state index is 0.225. The second-order valence-corrected chi connectivity index (χ2v) is 9.65. The van der Waals surface area contributed by atoms with Gasteiger partial charge in [-0.2, -0.15) is 0 Å². The maximum atomic E-state index is 12.8. The second kappa shape index (κ2) is 8.96. The van der Waals surface area contributed by atoms with Crippen LogP contribution in [0.15, 0.2) is 30.5 Å². The van der Waals surface area contributed by atoms with Gasteiger partial charge in [0.15, 0.2) is 0 Å². The molecule has 158 valence electrons. The lowest BCUT2D eigenvalue weighted by Crippen LogP contribution is -2.49. The zero-order valence-corrected chi connectivity index (χ0v) is 17.6. The van der Waals surface area contributed by atoms with Gasteiger partial charge in [0.1, 0.15) is 6.04 Å². The molecule has 1 aromatic carbocycles. The van der Waals surface area contributed by atoms with E-state index in [4.69, 9.17) is 0 Å². The Hall–Kier alpha value is -2.39. The van der Waals surface area contributed by atoms with Crippen LogP contribution in [0.5, 0.6) is 0 Å². The average molecular weight is 421 g/mol. The molecule has 8 nitrogen and oxygen atoms in total. The third-order valence-corrected chi connectivity index (χ3v) is 6.70. The molecule has 0 spiro atoms. The molecule has 1 aromatic heterocycles. The normalized spacial score (nSPS) is 17.2. The van der Waals surface area contributed by atoms with Crippen molar-refractivity contribution in [2.45, 2.75) is 32.2 Å². The van der Waals surface area contributed by atoms with E-state index in [2.05, 4.69) is 15.6 Å². The van der Waals surface area contributed by atoms with E-state index in [-0.39, 0.29) is 17.7 Å². The molecule has 0 aliphatic carbocycles. The van der Waals surface area contributed by atoms with Crippen molar-refractivity contribution >= 4 is 32.7 Å². The van der Waals surface area contributed by atoms with Gasteiger partial charge < -0.3 is 15.6 Å². The van der Waals surface area contributed by atoms with Crippen molar-refractivity contribution in [2.75, 3.05) is 25.9 Å². The number of carbonyl (C=O) groups is 2. The molecule has 1 fully saturated rings. The van der Waals surface area contributed by atoms with Crippen LogP contribution in [-0.4, -0.2) is 61.5 Å². The van der Waals surface area contributed by atoms with Crippen molar-refractivity contribution in [1.82, 2.24) is 19.9 Å². The van der Waals surface area contributed by atoms with E-state index in [1.54, 1.807) is 0 Å². The van der Waals surface area contributed by atoms with Gasteiger partial charge in [-0.1, -0.05) is 18.2 Å². The first-order chi connectivity index (χ1) is 13.7. The molecule has 2 aromatic rings. The van der Waals surface area contributed by atoms with Gasteiger partial charge >= 0.3 is 0 Å². The van der Waals surface area contributed by atoms with E-state index in [9.17, 15) is 18.0 Å². The van der Waals surface area contributed by atoms with Crippen LogP contribution in [0.2, 0.25) is 0 Å². The molecule has 0 bridgehead atoms. The lowest BCUT2D eigenvalue weighted by Gasteiger charge is -2.30. The fourth-order valence-electron chi connectivity index (χ4n) is 3.79. The van der Waals surface area contributed by atoms with Crippen LogP contribution in [0, 0.1) is 5.92 Å². The first kappa shape index (κ1) is 21.3. The zero-order valence-electron chi connectivity index (χ0n) is 16.8. The Morgan fingerprint density at radius 2 is 1.93 bits per heavy atom. The Morgan fingerprint density at radius 3 is 2.59 bits per heavy atom. The number of aromatic amines is 1. The SMILES string of the molecule is CC(=O)NC(Cc1c[nH]c2ccccc12)C(=O)NCC1CCN(S(C)(=O)=O)CC1. The summed E-state index contributed by atoms with van der Waals surface area (Å²) in [6.45, 7) is 2.82. The number of aromatic nitrogens is 1. The van der Waals surface area contributed by atoms with Crippen molar-refractivity contribution in [2.24, 2.45) is 5.92 Å². The molecule has 2 amide bonds. The summed E-state index contributed by atoms with van der Waals surface area (Å²) in [6, 6.07) is 7.17. The number of amides is 2. The number of sulfonamides is 1. The predicted octanol–water partition coefficient (Wildman–Crippen LogP) is 1.00. The first-order valence-electron chi connectivity index (χ1n) is 9.79. The highest BCUT2D eigenvalue weighted by molar-refractivity contribution is 7.88. The molecule has 1 aliphatic rings. The van der Waals surface area contributed by atoms with Crippen LogP contribution < -0.4 is 10.6 Å². The van der Waals surface area contributed by atoms with Crippen LogP contribution in [0.1, 0.15) is 25.3 Å². The van der Waals surface area contributed by atoms with Crippen molar-refractivity contribution in [3.8, 4) is 0 Å². The first-order valence-corrected chi connectivity index (χ1v) is 11.6. The Labute approximate surface area is 171 Å². The van der Waals surface area contributed by atoms with Crippen molar-refractivity contribution in [1.29, 1.82) is 0 Å². The number of benzene rings is 1. The monoisotopic (exact) mass is 420 g/mol. The number of hydrogen-bond acceptors (Lipinski definition) is 4. The predicted molar refractivity (Wildman–Crippen MR) is 112 cm³/mol. The van der Waals surface area contributed by atoms with Crippen LogP contribution in [-0.2, 0) is 26.0 Å². The minimum Gasteiger partial charge on any atom is -0.361 e. The van der Waals surface area contributed by atoms with E-state index < -0.39 is 16.1 Å². The third kappa shape index (κ3) is 5.57. The molecular formula is C20H28N4O4S. The van der Waals surface area contributed by atoms with E-state index in [0.29, 0.717) is 38.9 Å². The maximum Gasteiger partial charge on any atom is 0.242 e. The lowest BCUT2D eigenvalue weighted by atomic mass is 9.97. The Bertz CT molecular complexity index is 977. The Balaban J connectivity index is 1.59. The minimum atomic E-state index is -3.16. The number of para-hydroxylation sites is 1. The van der Waals surface area contributed by atoms with Crippen molar-refractivity contribution in [3.05, 3.63) is 36.0 Å². The van der Waals surface area contributed by atoms with Gasteiger partial charge in [-0.15, -0.1) is 0 Å². The Morgan fingerprint density at radius 1 is 1.24 bits per heavy atom. The van der Waals surface area contributed by atoms with Crippen LogP contribution in [0.4, 0.5) is 0 Å². The van der Waals surface area contributed by atoms with Gasteiger partial charge in [0, 0.05) is 50.1 Å². The topological polar surface area (TPSA) is 111 Å². The molecule has 9 heteroatoms. The summed E-state index contributed by atoms with van der Waals surface area (Å²) in [5.41, 5.74) is 1.96. The molecule has 0 saturated carbocycles. The smallest absolute Gasteiger partial charge is 0.242 e. The van der Waals surface area contributed by atoms with Gasteiger partial charge in [0.25, 0.3) is 0 Å². The van der Waals surface area contributed by atoms with Crippen LogP contribution >= 0.6 is 0 Å². The number of carbonyl (C=O) groups excluding carboxylic acids is 2. The van der Waals surface area contributed by atoms with Crippen molar-refractivity contribution < 1.29 is 18.0 Å².